The Bertz CT molecular complexity index is 711. The number of furan rings is 1. The minimum atomic E-state index is -0.458. The zero-order chi connectivity index (χ0) is 15.2. The molecule has 0 fully saturated rings. The van der Waals surface area contributed by atoms with E-state index in [1.54, 1.807) is 12.1 Å². The highest BCUT2D eigenvalue weighted by molar-refractivity contribution is 6.02. The minimum absolute atomic E-state index is 0.141. The summed E-state index contributed by atoms with van der Waals surface area (Å²) in [5.41, 5.74) is 5.89. The first kappa shape index (κ1) is 14.8. The predicted molar refractivity (Wildman–Crippen MR) is 78.4 cm³/mol. The summed E-state index contributed by atoms with van der Waals surface area (Å²) in [6.07, 6.45) is 0.711. The van der Waals surface area contributed by atoms with E-state index in [4.69, 9.17) is 10.2 Å². The van der Waals surface area contributed by atoms with Crippen molar-refractivity contribution in [3.05, 3.63) is 53.2 Å². The molecule has 0 unspecified atom stereocenters. The fraction of sp³-hybridized carbons (Fsp3) is 0.188. The van der Waals surface area contributed by atoms with Crippen molar-refractivity contribution in [3.63, 3.8) is 0 Å². The van der Waals surface area contributed by atoms with Gasteiger partial charge in [0, 0.05) is 12.1 Å². The van der Waals surface area contributed by atoms with Crippen LogP contribution >= 0.6 is 0 Å². The molecule has 0 spiro atoms. The number of aryl methyl sites for hydroxylation is 1. The Balaban J connectivity index is 2.17. The Kier molecular flexibility index (Phi) is 4.75. The van der Waals surface area contributed by atoms with Crippen LogP contribution in [0.25, 0.3) is 0 Å². The molecule has 2 aromatic rings. The largest absolute Gasteiger partial charge is 0.456 e. The van der Waals surface area contributed by atoms with Crippen LogP contribution in [-0.2, 0) is 6.42 Å². The summed E-state index contributed by atoms with van der Waals surface area (Å²) in [7, 11) is 0. The smallest absolute Gasteiger partial charge is 0.291 e. The fourth-order valence-electron chi connectivity index (χ4n) is 1.73. The van der Waals surface area contributed by atoms with Crippen LogP contribution in [0.5, 0.6) is 0 Å². The highest BCUT2D eigenvalue weighted by atomic mass is 19.1. The van der Waals surface area contributed by atoms with Gasteiger partial charge in [0.05, 0.1) is 12.1 Å². The monoisotopic (exact) mass is 286 g/mol. The number of hydrogen-bond donors (Lipinski definition) is 2. The van der Waals surface area contributed by atoms with Gasteiger partial charge in [0.2, 0.25) is 0 Å². The standard InChI is InChI=1S/C16H15FN2O2/c1-2-13-6-8-15(21-13)16(20)19-12-5-7-14(17)11(10-12)4-3-9-18/h5-8,10H,2,9,18H2,1H3,(H,19,20). The molecule has 108 valence electrons. The van der Waals surface area contributed by atoms with E-state index in [1.807, 2.05) is 6.92 Å². The molecule has 0 saturated heterocycles. The SMILES string of the molecule is CCc1ccc(C(=O)Nc2ccc(F)c(C#CCN)c2)o1. The van der Waals surface area contributed by atoms with Crippen LogP contribution in [0.4, 0.5) is 10.1 Å². The summed E-state index contributed by atoms with van der Waals surface area (Å²) in [4.78, 5) is 12.0. The molecule has 1 aromatic carbocycles. The second-order valence-corrected chi connectivity index (χ2v) is 4.27. The zero-order valence-corrected chi connectivity index (χ0v) is 11.6. The van der Waals surface area contributed by atoms with E-state index < -0.39 is 5.82 Å². The lowest BCUT2D eigenvalue weighted by molar-refractivity contribution is 0.0995. The molecule has 0 bridgehead atoms. The van der Waals surface area contributed by atoms with Gasteiger partial charge in [-0.05, 0) is 30.3 Å². The van der Waals surface area contributed by atoms with Gasteiger partial charge in [-0.3, -0.25) is 4.79 Å². The molecular weight excluding hydrogens is 271 g/mol. The molecule has 0 saturated carbocycles. The van der Waals surface area contributed by atoms with Crippen LogP contribution in [0.3, 0.4) is 0 Å². The number of carbonyl (C=O) groups excluding carboxylic acids is 1. The molecule has 0 radical (unpaired) electrons. The fourth-order valence-corrected chi connectivity index (χ4v) is 1.73. The van der Waals surface area contributed by atoms with Crippen molar-refractivity contribution in [2.24, 2.45) is 5.73 Å². The van der Waals surface area contributed by atoms with E-state index >= 15 is 0 Å². The van der Waals surface area contributed by atoms with E-state index in [0.717, 1.165) is 5.76 Å². The van der Waals surface area contributed by atoms with Crippen molar-refractivity contribution >= 4 is 11.6 Å². The second kappa shape index (κ2) is 6.73. The molecule has 5 heteroatoms. The van der Waals surface area contributed by atoms with Gasteiger partial charge in [-0.15, -0.1) is 0 Å². The average molecular weight is 286 g/mol. The van der Waals surface area contributed by atoms with Gasteiger partial charge in [-0.25, -0.2) is 4.39 Å². The normalized spacial score (nSPS) is 9.86. The predicted octanol–water partition coefficient (Wildman–Crippen LogP) is 2.54. The molecule has 3 N–H and O–H groups in total. The Morgan fingerprint density at radius 2 is 2.19 bits per heavy atom. The Morgan fingerprint density at radius 1 is 1.38 bits per heavy atom. The van der Waals surface area contributed by atoms with Crippen molar-refractivity contribution in [3.8, 4) is 11.8 Å². The van der Waals surface area contributed by atoms with E-state index in [2.05, 4.69) is 17.2 Å². The highest BCUT2D eigenvalue weighted by Gasteiger charge is 2.11. The Labute approximate surface area is 122 Å². The number of anilines is 1. The van der Waals surface area contributed by atoms with Gasteiger partial charge in [0.15, 0.2) is 5.76 Å². The zero-order valence-electron chi connectivity index (χ0n) is 11.6. The lowest BCUT2D eigenvalue weighted by Gasteiger charge is -2.04. The van der Waals surface area contributed by atoms with Crippen molar-refractivity contribution in [1.82, 2.24) is 0 Å². The second-order valence-electron chi connectivity index (χ2n) is 4.27. The van der Waals surface area contributed by atoms with Crippen LogP contribution in [0.2, 0.25) is 0 Å². The minimum Gasteiger partial charge on any atom is -0.456 e. The molecule has 21 heavy (non-hydrogen) atoms. The summed E-state index contributed by atoms with van der Waals surface area (Å²) in [6, 6.07) is 7.52. The summed E-state index contributed by atoms with van der Waals surface area (Å²) in [5, 5.41) is 2.64. The lowest BCUT2D eigenvalue weighted by Crippen LogP contribution is -2.11. The molecule has 1 amide bonds. The lowest BCUT2D eigenvalue weighted by atomic mass is 10.2. The van der Waals surface area contributed by atoms with Gasteiger partial charge < -0.3 is 15.5 Å². The average Bonchev–Trinajstić information content (AvgIpc) is 2.97. The first-order chi connectivity index (χ1) is 10.1. The summed E-state index contributed by atoms with van der Waals surface area (Å²) < 4.78 is 18.9. The van der Waals surface area contributed by atoms with Crippen molar-refractivity contribution in [2.45, 2.75) is 13.3 Å². The Hall–Kier alpha value is -2.58. The molecule has 1 heterocycles. The first-order valence-electron chi connectivity index (χ1n) is 6.52. The number of amides is 1. The number of hydrogen-bond acceptors (Lipinski definition) is 3. The summed E-state index contributed by atoms with van der Waals surface area (Å²) >= 11 is 0. The molecule has 0 aliphatic rings. The third-order valence-electron chi connectivity index (χ3n) is 2.78. The van der Waals surface area contributed by atoms with Gasteiger partial charge in [-0.2, -0.15) is 0 Å². The van der Waals surface area contributed by atoms with Crippen LogP contribution in [0.15, 0.2) is 34.7 Å². The topological polar surface area (TPSA) is 68.3 Å². The van der Waals surface area contributed by atoms with E-state index in [-0.39, 0.29) is 23.8 Å². The summed E-state index contributed by atoms with van der Waals surface area (Å²) in [6.45, 7) is 2.07. The van der Waals surface area contributed by atoms with Crippen LogP contribution in [-0.4, -0.2) is 12.5 Å². The number of nitrogens with two attached hydrogens (primary N) is 1. The van der Waals surface area contributed by atoms with Gasteiger partial charge in [0.1, 0.15) is 11.6 Å². The van der Waals surface area contributed by atoms with Crippen LogP contribution in [0.1, 0.15) is 28.8 Å². The number of benzene rings is 1. The summed E-state index contributed by atoms with van der Waals surface area (Å²) in [5.74, 6) is 5.29. The van der Waals surface area contributed by atoms with Crippen molar-refractivity contribution < 1.29 is 13.6 Å². The molecule has 0 aliphatic heterocycles. The number of nitrogens with one attached hydrogen (secondary N) is 1. The number of rotatable bonds is 3. The highest BCUT2D eigenvalue weighted by Crippen LogP contribution is 2.16. The maximum absolute atomic E-state index is 13.5. The maximum Gasteiger partial charge on any atom is 0.291 e. The molecule has 0 aliphatic carbocycles. The molecule has 2 rings (SSSR count). The van der Waals surface area contributed by atoms with Crippen LogP contribution < -0.4 is 11.1 Å². The molecule has 1 aromatic heterocycles. The molecular formula is C16H15FN2O2. The number of carbonyl (C=O) groups is 1. The van der Waals surface area contributed by atoms with Gasteiger partial charge >= 0.3 is 0 Å². The third-order valence-corrected chi connectivity index (χ3v) is 2.78. The molecule has 4 nitrogen and oxygen atoms in total. The first-order valence-corrected chi connectivity index (χ1v) is 6.52. The van der Waals surface area contributed by atoms with E-state index in [0.29, 0.717) is 12.1 Å². The van der Waals surface area contributed by atoms with Crippen molar-refractivity contribution in [1.29, 1.82) is 0 Å². The van der Waals surface area contributed by atoms with E-state index in [1.165, 1.54) is 18.2 Å². The van der Waals surface area contributed by atoms with Gasteiger partial charge in [0.25, 0.3) is 5.91 Å². The molecule has 0 atom stereocenters. The maximum atomic E-state index is 13.5. The third kappa shape index (κ3) is 3.71. The van der Waals surface area contributed by atoms with Crippen LogP contribution in [0, 0.1) is 17.7 Å². The quantitative estimate of drug-likeness (QED) is 0.852. The van der Waals surface area contributed by atoms with E-state index in [9.17, 15) is 9.18 Å². The number of halogens is 1. The Morgan fingerprint density at radius 3 is 2.86 bits per heavy atom. The van der Waals surface area contributed by atoms with Crippen molar-refractivity contribution in [2.75, 3.05) is 11.9 Å². The van der Waals surface area contributed by atoms with Gasteiger partial charge in [-0.1, -0.05) is 18.8 Å².